The van der Waals surface area contributed by atoms with Crippen LogP contribution in [0.3, 0.4) is 0 Å². The van der Waals surface area contributed by atoms with Crippen LogP contribution >= 0.6 is 0 Å². The fourth-order valence-corrected chi connectivity index (χ4v) is 3.79. The van der Waals surface area contributed by atoms with Crippen molar-refractivity contribution in [1.29, 1.82) is 0 Å². The summed E-state index contributed by atoms with van der Waals surface area (Å²) < 4.78 is 7.23. The summed E-state index contributed by atoms with van der Waals surface area (Å²) in [5.74, 6) is 0.196. The number of aromatic nitrogens is 4. The first-order chi connectivity index (χ1) is 14.2. The van der Waals surface area contributed by atoms with E-state index in [0.29, 0.717) is 45.0 Å². The number of likely N-dealkylation sites (tertiary alicyclic amines) is 1. The predicted molar refractivity (Wildman–Crippen MR) is 109 cm³/mol. The van der Waals surface area contributed by atoms with Crippen LogP contribution in [0.4, 0.5) is 0 Å². The molecule has 4 rings (SSSR count). The average molecular weight is 394 g/mol. The third-order valence-electron chi connectivity index (χ3n) is 5.27. The van der Waals surface area contributed by atoms with Gasteiger partial charge >= 0.3 is 0 Å². The van der Waals surface area contributed by atoms with E-state index in [1.165, 1.54) is 0 Å². The highest BCUT2D eigenvalue weighted by atomic mass is 16.5. The van der Waals surface area contributed by atoms with Gasteiger partial charge in [0, 0.05) is 50.1 Å². The maximum atomic E-state index is 12.9. The van der Waals surface area contributed by atoms with Crippen LogP contribution in [0.15, 0.2) is 36.7 Å². The lowest BCUT2D eigenvalue weighted by Gasteiger charge is -2.16. The summed E-state index contributed by atoms with van der Waals surface area (Å²) in [6.45, 7) is 5.63. The summed E-state index contributed by atoms with van der Waals surface area (Å²) in [7, 11) is 0. The van der Waals surface area contributed by atoms with Gasteiger partial charge in [0.15, 0.2) is 5.65 Å². The molecular weight excluding hydrogens is 368 g/mol. The molecule has 1 amide bonds. The highest BCUT2D eigenvalue weighted by Gasteiger charge is 2.31. The van der Waals surface area contributed by atoms with Crippen LogP contribution in [0.25, 0.3) is 11.2 Å². The molecule has 2 N–H and O–H groups in total. The van der Waals surface area contributed by atoms with E-state index in [-0.39, 0.29) is 11.8 Å². The first-order valence-electron chi connectivity index (χ1n) is 10.0. The van der Waals surface area contributed by atoms with E-state index in [0.717, 1.165) is 28.8 Å². The van der Waals surface area contributed by atoms with Crippen LogP contribution in [0.5, 0.6) is 0 Å². The molecule has 8 nitrogen and oxygen atoms in total. The molecule has 0 spiro atoms. The summed E-state index contributed by atoms with van der Waals surface area (Å²) in [4.78, 5) is 23.7. The average Bonchev–Trinajstić information content (AvgIpc) is 3.38. The summed E-state index contributed by atoms with van der Waals surface area (Å²) >= 11 is 0. The van der Waals surface area contributed by atoms with Gasteiger partial charge in [0.1, 0.15) is 5.52 Å². The van der Waals surface area contributed by atoms with Crippen molar-refractivity contribution < 1.29 is 9.53 Å². The first-order valence-corrected chi connectivity index (χ1v) is 10.0. The number of amides is 1. The van der Waals surface area contributed by atoms with E-state index in [1.54, 1.807) is 12.4 Å². The lowest BCUT2D eigenvalue weighted by Crippen LogP contribution is -2.28. The maximum absolute atomic E-state index is 12.9. The van der Waals surface area contributed by atoms with Crippen molar-refractivity contribution in [3.63, 3.8) is 0 Å². The summed E-state index contributed by atoms with van der Waals surface area (Å²) in [5, 5.41) is 4.73. The number of nitrogens with two attached hydrogens (primary N) is 1. The molecule has 29 heavy (non-hydrogen) atoms. The quantitative estimate of drug-likeness (QED) is 0.658. The largest absolute Gasteiger partial charge is 0.377 e. The van der Waals surface area contributed by atoms with Gasteiger partial charge in [0.25, 0.3) is 5.91 Å². The van der Waals surface area contributed by atoms with Crippen molar-refractivity contribution in [3.05, 3.63) is 53.5 Å². The van der Waals surface area contributed by atoms with Gasteiger partial charge in [-0.15, -0.1) is 0 Å². The maximum Gasteiger partial charge on any atom is 0.253 e. The molecule has 0 unspecified atom stereocenters. The van der Waals surface area contributed by atoms with Gasteiger partial charge in [-0.25, -0.2) is 14.6 Å². The van der Waals surface area contributed by atoms with E-state index < -0.39 is 0 Å². The predicted octanol–water partition coefficient (Wildman–Crippen LogP) is 1.95. The molecule has 1 fully saturated rings. The second-order valence-electron chi connectivity index (χ2n) is 7.20. The van der Waals surface area contributed by atoms with Crippen LogP contribution in [-0.2, 0) is 17.9 Å². The molecular formula is C21H26N6O2. The third-order valence-corrected chi connectivity index (χ3v) is 5.27. The van der Waals surface area contributed by atoms with Crippen LogP contribution in [0, 0.1) is 0 Å². The summed E-state index contributed by atoms with van der Waals surface area (Å²) in [5.41, 5.74) is 9.94. The van der Waals surface area contributed by atoms with Crippen LogP contribution in [-0.4, -0.2) is 56.8 Å². The molecule has 0 saturated carbocycles. The van der Waals surface area contributed by atoms with Crippen molar-refractivity contribution in [3.8, 4) is 0 Å². The Morgan fingerprint density at radius 1 is 1.24 bits per heavy atom. The minimum atomic E-state index is 0.0484. The monoisotopic (exact) mass is 394 g/mol. The van der Waals surface area contributed by atoms with Crippen molar-refractivity contribution in [2.75, 3.05) is 26.2 Å². The zero-order valence-electron chi connectivity index (χ0n) is 16.6. The number of hydrogen-bond acceptors (Lipinski definition) is 6. The van der Waals surface area contributed by atoms with Crippen molar-refractivity contribution >= 4 is 17.1 Å². The molecule has 152 valence electrons. The molecule has 2 aromatic heterocycles. The second-order valence-corrected chi connectivity index (χ2v) is 7.20. The van der Waals surface area contributed by atoms with Gasteiger partial charge in [0.05, 0.1) is 18.8 Å². The van der Waals surface area contributed by atoms with E-state index in [4.69, 9.17) is 15.6 Å². The van der Waals surface area contributed by atoms with Crippen molar-refractivity contribution in [1.82, 2.24) is 24.6 Å². The normalized spacial score (nSPS) is 16.6. The Kier molecular flexibility index (Phi) is 5.82. The topological polar surface area (TPSA) is 99.2 Å². The van der Waals surface area contributed by atoms with Gasteiger partial charge in [-0.3, -0.25) is 4.79 Å². The van der Waals surface area contributed by atoms with Crippen molar-refractivity contribution in [2.45, 2.75) is 32.4 Å². The van der Waals surface area contributed by atoms with Gasteiger partial charge in [-0.1, -0.05) is 12.1 Å². The lowest BCUT2D eigenvalue weighted by atomic mass is 10.0. The number of carbonyl (C=O) groups is 1. The molecule has 0 radical (unpaired) electrons. The standard InChI is InChI=1S/C21H26N6O2/c1-2-29-14-15-3-5-16(6-4-15)21(28)26-11-7-17(13-26)18-19-20(24-10-9-23-19)27(25-18)12-8-22/h3-6,9-10,17H,2,7-8,11-14,22H2,1H3/t17-/m1/s1. The fourth-order valence-electron chi connectivity index (χ4n) is 3.79. The minimum absolute atomic E-state index is 0.0484. The molecule has 3 aromatic rings. The molecule has 1 aliphatic heterocycles. The Balaban J connectivity index is 1.49. The molecule has 1 saturated heterocycles. The van der Waals surface area contributed by atoms with E-state index >= 15 is 0 Å². The van der Waals surface area contributed by atoms with Crippen LogP contribution in [0.2, 0.25) is 0 Å². The Labute approximate surface area is 169 Å². The Hall–Kier alpha value is -2.84. The lowest BCUT2D eigenvalue weighted by molar-refractivity contribution is 0.0790. The Bertz CT molecular complexity index is 985. The zero-order chi connectivity index (χ0) is 20.2. The molecule has 0 bridgehead atoms. The molecule has 1 atom stereocenters. The number of hydrogen-bond donors (Lipinski definition) is 1. The van der Waals surface area contributed by atoms with Gasteiger partial charge in [0.2, 0.25) is 0 Å². The number of benzene rings is 1. The smallest absolute Gasteiger partial charge is 0.253 e. The van der Waals surface area contributed by atoms with Gasteiger partial charge in [-0.05, 0) is 31.0 Å². The van der Waals surface area contributed by atoms with Gasteiger partial charge in [-0.2, -0.15) is 5.10 Å². The number of ether oxygens (including phenoxy) is 1. The zero-order valence-corrected chi connectivity index (χ0v) is 16.6. The molecule has 1 aromatic carbocycles. The first kappa shape index (κ1) is 19.5. The number of fused-ring (bicyclic) bond motifs is 1. The number of carbonyl (C=O) groups excluding carboxylic acids is 1. The Morgan fingerprint density at radius 2 is 2.03 bits per heavy atom. The molecule has 8 heteroatoms. The number of rotatable bonds is 7. The second kappa shape index (κ2) is 8.67. The van der Waals surface area contributed by atoms with E-state index in [9.17, 15) is 4.79 Å². The fraction of sp³-hybridized carbons (Fsp3) is 0.429. The third kappa shape index (κ3) is 3.99. The molecule has 0 aliphatic carbocycles. The number of nitrogens with zero attached hydrogens (tertiary/aromatic N) is 5. The van der Waals surface area contributed by atoms with Crippen LogP contribution < -0.4 is 5.73 Å². The van der Waals surface area contributed by atoms with Crippen LogP contribution in [0.1, 0.15) is 40.9 Å². The SMILES string of the molecule is CCOCc1ccc(C(=O)N2CC[C@@H](c3nn(CCN)c4nccnc34)C2)cc1. The van der Waals surface area contributed by atoms with E-state index in [1.807, 2.05) is 40.8 Å². The molecule has 1 aliphatic rings. The minimum Gasteiger partial charge on any atom is -0.377 e. The summed E-state index contributed by atoms with van der Waals surface area (Å²) in [6, 6.07) is 7.66. The molecule has 3 heterocycles. The highest BCUT2D eigenvalue weighted by molar-refractivity contribution is 5.94. The van der Waals surface area contributed by atoms with Crippen molar-refractivity contribution in [2.24, 2.45) is 5.73 Å². The summed E-state index contributed by atoms with van der Waals surface area (Å²) in [6.07, 6.45) is 4.21. The highest BCUT2D eigenvalue weighted by Crippen LogP contribution is 2.31. The van der Waals surface area contributed by atoms with Gasteiger partial charge < -0.3 is 15.4 Å². The van der Waals surface area contributed by atoms with E-state index in [2.05, 4.69) is 9.97 Å². The Morgan fingerprint density at radius 3 is 2.79 bits per heavy atom.